The molecule has 0 unspecified atom stereocenters. The Morgan fingerprint density at radius 3 is 2.61 bits per heavy atom. The number of nitro benzene ring substituents is 1. The number of hydrogen-bond donors (Lipinski definition) is 1. The van der Waals surface area contributed by atoms with Crippen LogP contribution in [0.5, 0.6) is 0 Å². The van der Waals surface area contributed by atoms with E-state index in [1.54, 1.807) is 30.3 Å². The van der Waals surface area contributed by atoms with E-state index >= 15 is 0 Å². The first-order valence-electron chi connectivity index (χ1n) is 8.17. The largest absolute Gasteiger partial charge is 0.355 e. The van der Waals surface area contributed by atoms with Gasteiger partial charge in [-0.3, -0.25) is 14.9 Å². The van der Waals surface area contributed by atoms with Crippen LogP contribution in [0.3, 0.4) is 0 Å². The number of carbonyl (C=O) groups excluding carboxylic acids is 1. The molecule has 3 aromatic rings. The monoisotopic (exact) mass is 390 g/mol. The van der Waals surface area contributed by atoms with Crippen LogP contribution in [0.25, 0.3) is 5.57 Å². The first-order chi connectivity index (χ1) is 13.5. The molecule has 0 saturated heterocycles. The third kappa shape index (κ3) is 4.11. The number of allylic oxidation sites excluding steroid dienone is 1. The summed E-state index contributed by atoms with van der Waals surface area (Å²) in [7, 11) is 0. The van der Waals surface area contributed by atoms with Gasteiger partial charge in [-0.05, 0) is 19.1 Å². The van der Waals surface area contributed by atoms with Gasteiger partial charge in [-0.2, -0.15) is 5.26 Å². The zero-order chi connectivity index (χ0) is 20.1. The highest BCUT2D eigenvalue weighted by Gasteiger charge is 2.18. The highest BCUT2D eigenvalue weighted by atomic mass is 32.1. The number of nitriles is 1. The van der Waals surface area contributed by atoms with Crippen LogP contribution in [0.2, 0.25) is 0 Å². The predicted molar refractivity (Wildman–Crippen MR) is 107 cm³/mol. The average Bonchev–Trinajstić information content (AvgIpc) is 3.14. The van der Waals surface area contributed by atoms with E-state index in [4.69, 9.17) is 0 Å². The van der Waals surface area contributed by atoms with E-state index in [1.165, 1.54) is 35.7 Å². The van der Waals surface area contributed by atoms with Crippen molar-refractivity contribution in [2.45, 2.75) is 6.92 Å². The van der Waals surface area contributed by atoms with Gasteiger partial charge in [0.15, 0.2) is 5.78 Å². The Morgan fingerprint density at radius 2 is 2.00 bits per heavy atom. The molecule has 28 heavy (non-hydrogen) atoms. The molecule has 3 rings (SSSR count). The average molecular weight is 390 g/mol. The Morgan fingerprint density at radius 1 is 1.25 bits per heavy atom. The van der Waals surface area contributed by atoms with Crippen LogP contribution in [-0.4, -0.2) is 15.7 Å². The van der Waals surface area contributed by atoms with Gasteiger partial charge in [-0.1, -0.05) is 30.3 Å². The molecule has 1 heterocycles. The SMILES string of the molecule is Cc1csc(/C(C#N)=C/Nc2ccc(C(=O)c3ccccc3)cc2[N+](=O)[O-])n1. The fraction of sp³-hybridized carbons (Fsp3) is 0.0500. The van der Waals surface area contributed by atoms with E-state index in [0.717, 1.165) is 5.69 Å². The number of aryl methyl sites for hydroxylation is 1. The molecule has 0 spiro atoms. The molecule has 0 aliphatic rings. The van der Waals surface area contributed by atoms with Crippen LogP contribution in [0, 0.1) is 28.4 Å². The normalized spacial score (nSPS) is 10.9. The van der Waals surface area contributed by atoms with Crippen LogP contribution in [0.15, 0.2) is 60.1 Å². The van der Waals surface area contributed by atoms with Gasteiger partial charge in [0.1, 0.15) is 22.3 Å². The summed E-state index contributed by atoms with van der Waals surface area (Å²) in [5.41, 5.74) is 1.63. The van der Waals surface area contributed by atoms with Crippen molar-refractivity contribution < 1.29 is 9.72 Å². The molecule has 0 aliphatic heterocycles. The topological polar surface area (TPSA) is 109 Å². The first-order valence-corrected chi connectivity index (χ1v) is 9.05. The van der Waals surface area contributed by atoms with E-state index in [1.807, 2.05) is 18.4 Å². The van der Waals surface area contributed by atoms with Crippen molar-refractivity contribution in [3.8, 4) is 6.07 Å². The summed E-state index contributed by atoms with van der Waals surface area (Å²) in [6.45, 7) is 1.82. The molecular formula is C20H14N4O3S. The van der Waals surface area contributed by atoms with Gasteiger partial charge >= 0.3 is 0 Å². The van der Waals surface area contributed by atoms with E-state index in [-0.39, 0.29) is 28.3 Å². The highest BCUT2D eigenvalue weighted by Crippen LogP contribution is 2.28. The van der Waals surface area contributed by atoms with Gasteiger partial charge in [0.05, 0.1) is 4.92 Å². The Kier molecular flexibility index (Phi) is 5.58. The maximum Gasteiger partial charge on any atom is 0.293 e. The quantitative estimate of drug-likeness (QED) is 0.286. The molecule has 1 aromatic heterocycles. The standard InChI is InChI=1S/C20H14N4O3S/c1-13-12-28-20(23-13)16(10-21)11-22-17-8-7-15(9-18(17)24(26)27)19(25)14-5-3-2-4-6-14/h2-9,11-12,22H,1H3/b16-11+. The number of nitro groups is 1. The molecule has 0 radical (unpaired) electrons. The maximum atomic E-state index is 12.5. The number of aromatic nitrogens is 1. The van der Waals surface area contributed by atoms with Gasteiger partial charge in [0, 0.05) is 34.5 Å². The minimum Gasteiger partial charge on any atom is -0.355 e. The third-order valence-electron chi connectivity index (χ3n) is 3.83. The zero-order valence-corrected chi connectivity index (χ0v) is 15.6. The molecule has 0 bridgehead atoms. The van der Waals surface area contributed by atoms with E-state index in [9.17, 15) is 20.2 Å². The second-order valence-corrected chi connectivity index (χ2v) is 6.65. The number of hydrogen-bond acceptors (Lipinski definition) is 7. The molecule has 8 heteroatoms. The number of rotatable bonds is 6. The smallest absolute Gasteiger partial charge is 0.293 e. The van der Waals surface area contributed by atoms with Gasteiger partial charge in [0.25, 0.3) is 5.69 Å². The van der Waals surface area contributed by atoms with Crippen molar-refractivity contribution in [2.24, 2.45) is 0 Å². The third-order valence-corrected chi connectivity index (χ3v) is 4.83. The van der Waals surface area contributed by atoms with Crippen molar-refractivity contribution >= 4 is 34.1 Å². The van der Waals surface area contributed by atoms with Crippen molar-refractivity contribution in [1.82, 2.24) is 4.98 Å². The number of ketones is 1. The Hall–Kier alpha value is -3.83. The molecule has 0 amide bonds. The van der Waals surface area contributed by atoms with Crippen LogP contribution < -0.4 is 5.32 Å². The summed E-state index contributed by atoms with van der Waals surface area (Å²) < 4.78 is 0. The molecule has 7 nitrogen and oxygen atoms in total. The van der Waals surface area contributed by atoms with Gasteiger partial charge in [0.2, 0.25) is 0 Å². The second kappa shape index (κ2) is 8.24. The summed E-state index contributed by atoms with van der Waals surface area (Å²) >= 11 is 1.31. The summed E-state index contributed by atoms with van der Waals surface area (Å²) in [4.78, 5) is 27.7. The van der Waals surface area contributed by atoms with E-state index < -0.39 is 4.92 Å². The van der Waals surface area contributed by atoms with Gasteiger partial charge in [-0.25, -0.2) is 4.98 Å². The number of nitrogens with one attached hydrogen (secondary N) is 1. The van der Waals surface area contributed by atoms with Crippen LogP contribution >= 0.6 is 11.3 Å². The molecule has 0 aliphatic carbocycles. The molecule has 0 atom stereocenters. The van der Waals surface area contributed by atoms with Crippen molar-refractivity contribution in [3.05, 3.63) is 92.1 Å². The summed E-state index contributed by atoms with van der Waals surface area (Å²) in [6.07, 6.45) is 1.37. The summed E-state index contributed by atoms with van der Waals surface area (Å²) in [5.74, 6) is -0.304. The lowest BCUT2D eigenvalue weighted by molar-refractivity contribution is -0.383. The van der Waals surface area contributed by atoms with Gasteiger partial charge in [-0.15, -0.1) is 11.3 Å². The van der Waals surface area contributed by atoms with Crippen molar-refractivity contribution in [2.75, 3.05) is 5.32 Å². The highest BCUT2D eigenvalue weighted by molar-refractivity contribution is 7.10. The molecule has 138 valence electrons. The molecule has 0 fully saturated rings. The lowest BCUT2D eigenvalue weighted by atomic mass is 10.0. The van der Waals surface area contributed by atoms with Crippen molar-refractivity contribution in [1.29, 1.82) is 5.26 Å². The Bertz CT molecular complexity index is 1110. The van der Waals surface area contributed by atoms with Crippen LogP contribution in [0.1, 0.15) is 26.6 Å². The molecule has 1 N–H and O–H groups in total. The number of carbonyl (C=O) groups is 1. The fourth-order valence-corrected chi connectivity index (χ4v) is 3.23. The maximum absolute atomic E-state index is 12.5. The summed E-state index contributed by atoms with van der Waals surface area (Å²) in [6, 6.07) is 14.8. The molecule has 2 aromatic carbocycles. The Labute approximate surface area is 164 Å². The molecule has 0 saturated carbocycles. The summed E-state index contributed by atoms with van der Waals surface area (Å²) in [5, 5.41) is 25.9. The first kappa shape index (κ1) is 18.9. The van der Waals surface area contributed by atoms with E-state index in [0.29, 0.717) is 10.6 Å². The minimum absolute atomic E-state index is 0.177. The fourth-order valence-electron chi connectivity index (χ4n) is 2.47. The lowest BCUT2D eigenvalue weighted by Gasteiger charge is -2.06. The van der Waals surface area contributed by atoms with Gasteiger partial charge < -0.3 is 5.32 Å². The Balaban J connectivity index is 1.92. The number of nitrogens with zero attached hydrogens (tertiary/aromatic N) is 3. The number of thiazole rings is 1. The predicted octanol–water partition coefficient (Wildman–Crippen LogP) is 4.57. The van der Waals surface area contributed by atoms with Crippen LogP contribution in [0.4, 0.5) is 11.4 Å². The number of anilines is 1. The van der Waals surface area contributed by atoms with Crippen molar-refractivity contribution in [3.63, 3.8) is 0 Å². The zero-order valence-electron chi connectivity index (χ0n) is 14.7. The second-order valence-electron chi connectivity index (χ2n) is 5.79. The lowest BCUT2D eigenvalue weighted by Crippen LogP contribution is -2.04. The molecular weight excluding hydrogens is 376 g/mol. The van der Waals surface area contributed by atoms with Crippen LogP contribution in [-0.2, 0) is 0 Å². The number of benzene rings is 2. The van der Waals surface area contributed by atoms with E-state index in [2.05, 4.69) is 10.3 Å². The minimum atomic E-state index is -0.572.